The Morgan fingerprint density at radius 2 is 2.11 bits per heavy atom. The summed E-state index contributed by atoms with van der Waals surface area (Å²) in [5.74, 6) is 0. The quantitative estimate of drug-likeness (QED) is 0.584. The van der Waals surface area contributed by atoms with Gasteiger partial charge in [0.2, 0.25) is 0 Å². The normalized spacial score (nSPS) is 23.9. The van der Waals surface area contributed by atoms with Crippen LogP contribution in [0.4, 0.5) is 0 Å². The third-order valence-corrected chi connectivity index (χ3v) is 3.76. The van der Waals surface area contributed by atoms with Crippen molar-refractivity contribution in [3.05, 3.63) is 48.6 Å². The van der Waals surface area contributed by atoms with Gasteiger partial charge in [0.05, 0.1) is 23.6 Å². The van der Waals surface area contributed by atoms with Gasteiger partial charge in [0.1, 0.15) is 0 Å². The van der Waals surface area contributed by atoms with Gasteiger partial charge in [0.15, 0.2) is 0 Å². The predicted octanol–water partition coefficient (Wildman–Crippen LogP) is 3.46. The van der Waals surface area contributed by atoms with Crippen LogP contribution in [0.5, 0.6) is 0 Å². The lowest BCUT2D eigenvalue weighted by molar-refractivity contribution is -0.116. The largest absolute Gasteiger partial charge is 0.371 e. The second-order valence-corrected chi connectivity index (χ2v) is 6.56. The van der Waals surface area contributed by atoms with Gasteiger partial charge >= 0.3 is 0 Å². The molecule has 104 valence electrons. The fourth-order valence-electron chi connectivity index (χ4n) is 2.69. The van der Waals surface area contributed by atoms with Crippen molar-refractivity contribution in [1.82, 2.24) is 4.90 Å². The van der Waals surface area contributed by atoms with Crippen molar-refractivity contribution < 1.29 is 4.74 Å². The van der Waals surface area contributed by atoms with Gasteiger partial charge < -0.3 is 4.74 Å². The van der Waals surface area contributed by atoms with Crippen LogP contribution < -0.4 is 0 Å². The lowest BCUT2D eigenvalue weighted by atomic mass is 9.88. The highest BCUT2D eigenvalue weighted by Crippen LogP contribution is 2.34. The zero-order valence-corrected chi connectivity index (χ0v) is 12.4. The molecule has 0 spiro atoms. The maximum absolute atomic E-state index is 6.49. The molecule has 0 saturated carbocycles. The van der Waals surface area contributed by atoms with E-state index in [1.54, 1.807) is 0 Å². The van der Waals surface area contributed by atoms with Gasteiger partial charge in [0.25, 0.3) is 0 Å². The van der Waals surface area contributed by atoms with E-state index in [4.69, 9.17) is 16.3 Å². The molecule has 1 aliphatic rings. The number of halogens is 1. The second-order valence-electron chi connectivity index (χ2n) is 5.59. The second kappa shape index (κ2) is 6.08. The number of likely N-dealkylation sites (tertiary alicyclic amines) is 1. The Morgan fingerprint density at radius 1 is 1.42 bits per heavy atom. The molecule has 0 aromatic heterocycles. The van der Waals surface area contributed by atoms with Crippen molar-refractivity contribution in [3.63, 3.8) is 0 Å². The van der Waals surface area contributed by atoms with E-state index < -0.39 is 0 Å². The first-order chi connectivity index (χ1) is 9.02. The highest BCUT2D eigenvalue weighted by Gasteiger charge is 2.47. The van der Waals surface area contributed by atoms with Crippen molar-refractivity contribution in [2.24, 2.45) is 0 Å². The third-order valence-electron chi connectivity index (χ3n) is 3.53. The Balaban J connectivity index is 1.92. The molecule has 0 N–H and O–H groups in total. The smallest absolute Gasteiger partial charge is 0.0878 e. The molecule has 0 amide bonds. The molecule has 1 fully saturated rings. The van der Waals surface area contributed by atoms with Crippen LogP contribution in [0.15, 0.2) is 43.0 Å². The van der Waals surface area contributed by atoms with Crippen molar-refractivity contribution in [1.29, 1.82) is 0 Å². The molecule has 0 aliphatic carbocycles. The molecular formula is C16H22ClNO. The highest BCUT2D eigenvalue weighted by atomic mass is 35.5. The van der Waals surface area contributed by atoms with E-state index in [2.05, 4.69) is 23.6 Å². The van der Waals surface area contributed by atoms with E-state index in [1.807, 2.05) is 38.1 Å². The molecule has 0 radical (unpaired) electrons. The van der Waals surface area contributed by atoms with Crippen molar-refractivity contribution in [3.8, 4) is 0 Å². The van der Waals surface area contributed by atoms with E-state index in [1.165, 1.54) is 5.56 Å². The number of benzene rings is 1. The monoisotopic (exact) mass is 279 g/mol. The number of hydrogen-bond donors (Lipinski definition) is 0. The molecule has 1 aromatic carbocycles. The number of nitrogens with zero attached hydrogens (tertiary/aromatic N) is 1. The fourth-order valence-corrected chi connectivity index (χ4v) is 2.97. The van der Waals surface area contributed by atoms with E-state index in [9.17, 15) is 0 Å². The first-order valence-electron chi connectivity index (χ1n) is 6.72. The molecule has 0 unspecified atom stereocenters. The first-order valence-corrected chi connectivity index (χ1v) is 7.09. The lowest BCUT2D eigenvalue weighted by Crippen LogP contribution is -2.67. The van der Waals surface area contributed by atoms with Gasteiger partial charge in [-0.25, -0.2) is 0 Å². The molecule has 0 bridgehead atoms. The summed E-state index contributed by atoms with van der Waals surface area (Å²) in [4.78, 5) is 2.03. The predicted molar refractivity (Wildman–Crippen MR) is 80.5 cm³/mol. The summed E-state index contributed by atoms with van der Waals surface area (Å²) in [5.41, 5.74) is 1.20. The summed E-state index contributed by atoms with van der Waals surface area (Å²) in [6, 6.07) is 10.5. The number of alkyl halides is 1. The topological polar surface area (TPSA) is 12.5 Å². The summed E-state index contributed by atoms with van der Waals surface area (Å²) in [7, 11) is 0. The molecular weight excluding hydrogens is 258 g/mol. The zero-order chi connectivity index (χ0) is 13.9. The van der Waals surface area contributed by atoms with Crippen LogP contribution in [0.25, 0.3) is 0 Å². The van der Waals surface area contributed by atoms with E-state index in [0.29, 0.717) is 6.61 Å². The van der Waals surface area contributed by atoms with Crippen LogP contribution in [-0.4, -0.2) is 35.0 Å². The Hall–Kier alpha value is -0.830. The number of hydrogen-bond acceptors (Lipinski definition) is 2. The van der Waals surface area contributed by atoms with Gasteiger partial charge in [-0.2, -0.15) is 0 Å². The Labute approximate surface area is 121 Å². The van der Waals surface area contributed by atoms with E-state index in [0.717, 1.165) is 13.1 Å². The minimum absolute atomic E-state index is 0.202. The van der Waals surface area contributed by atoms with Crippen molar-refractivity contribution >= 4 is 11.6 Å². The molecule has 3 heteroatoms. The number of rotatable bonds is 6. The van der Waals surface area contributed by atoms with E-state index >= 15 is 0 Å². The van der Waals surface area contributed by atoms with Crippen molar-refractivity contribution in [2.45, 2.75) is 37.5 Å². The Morgan fingerprint density at radius 3 is 2.68 bits per heavy atom. The summed E-state index contributed by atoms with van der Waals surface area (Å²) in [6.07, 6.45) is 2.12. The van der Waals surface area contributed by atoms with Gasteiger partial charge in [-0.3, -0.25) is 4.90 Å². The van der Waals surface area contributed by atoms with Crippen LogP contribution in [-0.2, 0) is 11.3 Å². The number of ether oxygens (including phenoxy) is 1. The minimum atomic E-state index is -0.289. The van der Waals surface area contributed by atoms with Crippen LogP contribution in [0.2, 0.25) is 0 Å². The molecule has 1 aromatic rings. The molecule has 1 heterocycles. The maximum Gasteiger partial charge on any atom is 0.0878 e. The molecule has 2 rings (SSSR count). The molecule has 1 saturated heterocycles. The van der Waals surface area contributed by atoms with Gasteiger partial charge in [-0.05, 0) is 19.4 Å². The molecule has 1 aliphatic heterocycles. The van der Waals surface area contributed by atoms with E-state index in [-0.39, 0.29) is 17.0 Å². The molecule has 2 atom stereocenters. The standard InChI is InChI=1S/C16H22ClNO/c1-4-10-18-11-14(15(18)16(2,3)17)19-12-13-8-6-5-7-9-13/h4-9,14-15H,1,10-12H2,2-3H3/t14-,15+/m1/s1. The summed E-state index contributed by atoms with van der Waals surface area (Å²) in [6.45, 7) is 10.3. The third kappa shape index (κ3) is 3.59. The van der Waals surface area contributed by atoms with Gasteiger partial charge in [-0.15, -0.1) is 18.2 Å². The van der Waals surface area contributed by atoms with Crippen LogP contribution >= 0.6 is 11.6 Å². The molecule has 19 heavy (non-hydrogen) atoms. The highest BCUT2D eigenvalue weighted by molar-refractivity contribution is 6.24. The van der Waals surface area contributed by atoms with Gasteiger partial charge in [-0.1, -0.05) is 36.4 Å². The van der Waals surface area contributed by atoms with Gasteiger partial charge in [0, 0.05) is 13.1 Å². The Bertz CT molecular complexity index is 413. The zero-order valence-electron chi connectivity index (χ0n) is 11.7. The van der Waals surface area contributed by atoms with Crippen LogP contribution in [0.1, 0.15) is 19.4 Å². The summed E-state index contributed by atoms with van der Waals surface area (Å²) in [5, 5.41) is 0. The first kappa shape index (κ1) is 14.6. The lowest BCUT2D eigenvalue weighted by Gasteiger charge is -2.52. The minimum Gasteiger partial charge on any atom is -0.371 e. The average molecular weight is 280 g/mol. The Kier molecular flexibility index (Phi) is 4.67. The maximum atomic E-state index is 6.49. The van der Waals surface area contributed by atoms with Crippen LogP contribution in [0.3, 0.4) is 0 Å². The van der Waals surface area contributed by atoms with Crippen LogP contribution in [0, 0.1) is 0 Å². The fraction of sp³-hybridized carbons (Fsp3) is 0.500. The summed E-state index contributed by atoms with van der Waals surface area (Å²) >= 11 is 6.49. The van der Waals surface area contributed by atoms with Crippen molar-refractivity contribution in [2.75, 3.05) is 13.1 Å². The molecule has 2 nitrogen and oxygen atoms in total. The SMILES string of the molecule is C=CCN1C[C@@H](OCc2ccccc2)[C@H]1C(C)(C)Cl. The average Bonchev–Trinajstić information content (AvgIpc) is 2.31. The summed E-state index contributed by atoms with van der Waals surface area (Å²) < 4.78 is 6.02.